The van der Waals surface area contributed by atoms with Crippen LogP contribution in [0.25, 0.3) is 0 Å². The van der Waals surface area contributed by atoms with Gasteiger partial charge in [0.25, 0.3) is 5.91 Å². The van der Waals surface area contributed by atoms with Gasteiger partial charge in [-0.25, -0.2) is 0 Å². The normalized spacial score (nSPS) is 10.3. The first-order chi connectivity index (χ1) is 12.7. The van der Waals surface area contributed by atoms with Crippen LogP contribution in [0.3, 0.4) is 0 Å². The van der Waals surface area contributed by atoms with Crippen LogP contribution in [0.15, 0.2) is 83.8 Å². The van der Waals surface area contributed by atoms with E-state index in [9.17, 15) is 4.79 Å². The molecule has 0 aliphatic heterocycles. The first-order valence-electron chi connectivity index (χ1n) is 8.15. The molecular weight excluding hydrogens is 366 g/mol. The molecule has 3 aromatic rings. The molecule has 0 unspecified atom stereocenters. The molecule has 0 aliphatic rings. The van der Waals surface area contributed by atoms with E-state index < -0.39 is 0 Å². The standard InChI is InChI=1S/C21H18ClNO2S/c22-19-8-4-5-9-20(19)25-14-21(24)23-17-12-10-16(11-13-17)15-26-18-6-2-1-3-7-18/h1-13H,14-15H2,(H,23,24). The Labute approximate surface area is 162 Å². The van der Waals surface area contributed by atoms with Crippen LogP contribution in [-0.4, -0.2) is 12.5 Å². The van der Waals surface area contributed by atoms with Crippen molar-refractivity contribution in [3.05, 3.63) is 89.4 Å². The molecule has 3 rings (SSSR count). The maximum atomic E-state index is 12.0. The van der Waals surface area contributed by atoms with E-state index in [2.05, 4.69) is 17.4 Å². The zero-order valence-corrected chi connectivity index (χ0v) is 15.6. The summed E-state index contributed by atoms with van der Waals surface area (Å²) in [6.45, 7) is -0.0880. The maximum absolute atomic E-state index is 12.0. The lowest BCUT2D eigenvalue weighted by Gasteiger charge is -2.09. The number of rotatable bonds is 7. The minimum absolute atomic E-state index is 0.0880. The number of benzene rings is 3. The molecule has 0 saturated carbocycles. The van der Waals surface area contributed by atoms with Gasteiger partial charge in [0.15, 0.2) is 6.61 Å². The highest BCUT2D eigenvalue weighted by molar-refractivity contribution is 7.98. The third-order valence-electron chi connectivity index (χ3n) is 3.58. The summed E-state index contributed by atoms with van der Waals surface area (Å²) in [5, 5.41) is 3.31. The summed E-state index contributed by atoms with van der Waals surface area (Å²) in [6.07, 6.45) is 0. The van der Waals surface area contributed by atoms with Gasteiger partial charge in [-0.05, 0) is 42.0 Å². The summed E-state index contributed by atoms with van der Waals surface area (Å²) in [6, 6.07) is 25.2. The Kier molecular flexibility index (Phi) is 6.58. The predicted octanol–water partition coefficient (Wildman–Crippen LogP) is 5.65. The third kappa shape index (κ3) is 5.55. The molecule has 3 nitrogen and oxygen atoms in total. The lowest BCUT2D eigenvalue weighted by Crippen LogP contribution is -2.20. The average molecular weight is 384 g/mol. The number of ether oxygens (including phenoxy) is 1. The Morgan fingerprint density at radius 2 is 1.62 bits per heavy atom. The van der Waals surface area contributed by atoms with Crippen molar-refractivity contribution >= 4 is 35.0 Å². The molecule has 0 fully saturated rings. The van der Waals surface area contributed by atoms with E-state index in [4.69, 9.17) is 16.3 Å². The van der Waals surface area contributed by atoms with Crippen molar-refractivity contribution in [3.63, 3.8) is 0 Å². The molecule has 0 spiro atoms. The number of hydrogen-bond donors (Lipinski definition) is 1. The number of para-hydroxylation sites is 1. The fraction of sp³-hybridized carbons (Fsp3) is 0.0952. The van der Waals surface area contributed by atoms with E-state index in [1.807, 2.05) is 54.6 Å². The zero-order chi connectivity index (χ0) is 18.2. The lowest BCUT2D eigenvalue weighted by atomic mass is 10.2. The molecule has 0 aromatic heterocycles. The molecule has 0 aliphatic carbocycles. The van der Waals surface area contributed by atoms with Crippen LogP contribution < -0.4 is 10.1 Å². The second kappa shape index (κ2) is 9.32. The molecule has 1 amide bonds. The van der Waals surface area contributed by atoms with E-state index in [-0.39, 0.29) is 12.5 Å². The van der Waals surface area contributed by atoms with Crippen LogP contribution in [0.5, 0.6) is 5.75 Å². The quantitative estimate of drug-likeness (QED) is 0.536. The SMILES string of the molecule is O=C(COc1ccccc1Cl)Nc1ccc(CSc2ccccc2)cc1. The highest BCUT2D eigenvalue weighted by Gasteiger charge is 2.06. The smallest absolute Gasteiger partial charge is 0.262 e. The first-order valence-corrected chi connectivity index (χ1v) is 9.51. The van der Waals surface area contributed by atoms with E-state index in [0.717, 1.165) is 11.4 Å². The molecule has 1 N–H and O–H groups in total. The minimum Gasteiger partial charge on any atom is -0.482 e. The largest absolute Gasteiger partial charge is 0.482 e. The molecule has 26 heavy (non-hydrogen) atoms. The Hall–Kier alpha value is -2.43. The Morgan fingerprint density at radius 3 is 2.35 bits per heavy atom. The van der Waals surface area contributed by atoms with Gasteiger partial charge in [-0.2, -0.15) is 0 Å². The van der Waals surface area contributed by atoms with Crippen molar-refractivity contribution in [1.29, 1.82) is 0 Å². The van der Waals surface area contributed by atoms with Crippen LogP contribution in [0.2, 0.25) is 5.02 Å². The Bertz CT molecular complexity index is 853. The van der Waals surface area contributed by atoms with Crippen molar-refractivity contribution in [3.8, 4) is 5.75 Å². The van der Waals surface area contributed by atoms with E-state index >= 15 is 0 Å². The second-order valence-corrected chi connectivity index (χ2v) is 7.02. The van der Waals surface area contributed by atoms with Crippen molar-refractivity contribution < 1.29 is 9.53 Å². The topological polar surface area (TPSA) is 38.3 Å². The van der Waals surface area contributed by atoms with Crippen LogP contribution in [-0.2, 0) is 10.5 Å². The minimum atomic E-state index is -0.226. The fourth-order valence-corrected chi connectivity index (χ4v) is 3.34. The van der Waals surface area contributed by atoms with Crippen LogP contribution in [0.4, 0.5) is 5.69 Å². The van der Waals surface area contributed by atoms with Gasteiger partial charge in [0, 0.05) is 16.3 Å². The fourth-order valence-electron chi connectivity index (χ4n) is 2.27. The molecular formula is C21H18ClNO2S. The average Bonchev–Trinajstić information content (AvgIpc) is 2.68. The molecule has 0 saturated heterocycles. The maximum Gasteiger partial charge on any atom is 0.262 e. The molecule has 3 aromatic carbocycles. The second-order valence-electron chi connectivity index (χ2n) is 5.57. The number of halogens is 1. The Balaban J connectivity index is 1.47. The number of anilines is 1. The van der Waals surface area contributed by atoms with Gasteiger partial charge >= 0.3 is 0 Å². The number of carbonyl (C=O) groups is 1. The van der Waals surface area contributed by atoms with Gasteiger partial charge in [-0.15, -0.1) is 11.8 Å². The molecule has 5 heteroatoms. The van der Waals surface area contributed by atoms with Crippen LogP contribution >= 0.6 is 23.4 Å². The summed E-state index contributed by atoms with van der Waals surface area (Å²) in [7, 11) is 0. The first kappa shape index (κ1) is 18.4. The number of hydrogen-bond acceptors (Lipinski definition) is 3. The van der Waals surface area contributed by atoms with Crippen molar-refractivity contribution in [1.82, 2.24) is 0 Å². The molecule has 132 valence electrons. The predicted molar refractivity (Wildman–Crippen MR) is 108 cm³/mol. The van der Waals surface area contributed by atoms with Crippen molar-refractivity contribution in [2.75, 3.05) is 11.9 Å². The number of carbonyl (C=O) groups excluding carboxylic acids is 1. The summed E-state index contributed by atoms with van der Waals surface area (Å²) in [5.41, 5.74) is 1.94. The van der Waals surface area contributed by atoms with Crippen molar-refractivity contribution in [2.45, 2.75) is 10.6 Å². The Morgan fingerprint density at radius 1 is 0.923 bits per heavy atom. The van der Waals surface area contributed by atoms with E-state index in [1.54, 1.807) is 23.9 Å². The molecule has 0 heterocycles. The monoisotopic (exact) mass is 383 g/mol. The lowest BCUT2D eigenvalue weighted by molar-refractivity contribution is -0.118. The van der Waals surface area contributed by atoms with Crippen LogP contribution in [0, 0.1) is 0 Å². The summed E-state index contributed by atoms with van der Waals surface area (Å²) in [5.74, 6) is 1.15. The van der Waals surface area contributed by atoms with Gasteiger partial charge < -0.3 is 10.1 Å². The van der Waals surface area contributed by atoms with E-state index in [0.29, 0.717) is 10.8 Å². The highest BCUT2D eigenvalue weighted by atomic mass is 35.5. The molecule has 0 bridgehead atoms. The van der Waals surface area contributed by atoms with Crippen LogP contribution in [0.1, 0.15) is 5.56 Å². The van der Waals surface area contributed by atoms with Gasteiger partial charge in [0.05, 0.1) is 5.02 Å². The van der Waals surface area contributed by atoms with Gasteiger partial charge in [-0.1, -0.05) is 54.1 Å². The molecule has 0 atom stereocenters. The van der Waals surface area contributed by atoms with Gasteiger partial charge in [-0.3, -0.25) is 4.79 Å². The third-order valence-corrected chi connectivity index (χ3v) is 4.98. The summed E-state index contributed by atoms with van der Waals surface area (Å²) in [4.78, 5) is 13.2. The number of thioether (sulfide) groups is 1. The van der Waals surface area contributed by atoms with Crippen molar-refractivity contribution in [2.24, 2.45) is 0 Å². The summed E-state index contributed by atoms with van der Waals surface area (Å²) < 4.78 is 5.43. The number of amides is 1. The molecule has 0 radical (unpaired) electrons. The summed E-state index contributed by atoms with van der Waals surface area (Å²) >= 11 is 7.78. The van der Waals surface area contributed by atoms with Gasteiger partial charge in [0.2, 0.25) is 0 Å². The van der Waals surface area contributed by atoms with Gasteiger partial charge in [0.1, 0.15) is 5.75 Å². The zero-order valence-electron chi connectivity index (χ0n) is 14.0. The highest BCUT2D eigenvalue weighted by Crippen LogP contribution is 2.24. The van der Waals surface area contributed by atoms with E-state index in [1.165, 1.54) is 10.5 Å². The number of nitrogens with one attached hydrogen (secondary N) is 1.